The summed E-state index contributed by atoms with van der Waals surface area (Å²) in [7, 11) is 0. The zero-order valence-corrected chi connectivity index (χ0v) is 10.9. The molecule has 0 amide bonds. The summed E-state index contributed by atoms with van der Waals surface area (Å²) in [6.45, 7) is 1.87. The van der Waals surface area contributed by atoms with Gasteiger partial charge in [0.2, 0.25) is 0 Å². The summed E-state index contributed by atoms with van der Waals surface area (Å²) in [4.78, 5) is 35.3. The minimum Gasteiger partial charge on any atom is -0.481 e. The number of aliphatic carboxylic acids is 1. The Morgan fingerprint density at radius 1 is 1.50 bits per heavy atom. The third kappa shape index (κ3) is 4.34. The first kappa shape index (κ1) is 15.6. The number of carboxylic acids is 1. The van der Waals surface area contributed by atoms with Gasteiger partial charge in [-0.15, -0.1) is 0 Å². The number of nitrogens with zero attached hydrogens (tertiary/aromatic N) is 3. The molecule has 20 heavy (non-hydrogen) atoms. The Morgan fingerprint density at radius 2 is 2.20 bits per heavy atom. The third-order valence-electron chi connectivity index (χ3n) is 2.56. The first-order valence-electron chi connectivity index (χ1n) is 6.02. The van der Waals surface area contributed by atoms with Gasteiger partial charge in [0.25, 0.3) is 0 Å². The Bertz CT molecular complexity index is 510. The fourth-order valence-corrected chi connectivity index (χ4v) is 1.60. The Kier molecular flexibility index (Phi) is 5.63. The van der Waals surface area contributed by atoms with Gasteiger partial charge in [-0.25, -0.2) is 4.57 Å². The molecule has 0 spiro atoms. The second kappa shape index (κ2) is 7.22. The smallest absolute Gasteiger partial charge is 0.434 e. The first-order valence-corrected chi connectivity index (χ1v) is 6.02. The molecule has 1 N–H and O–H groups in total. The number of carboxylic acid groups (broad SMARTS) is 1. The number of rotatable bonds is 8. The Hall–Kier alpha value is -2.45. The highest BCUT2D eigenvalue weighted by molar-refractivity contribution is 5.76. The van der Waals surface area contributed by atoms with E-state index in [4.69, 9.17) is 9.84 Å². The lowest BCUT2D eigenvalue weighted by atomic mass is 10.3. The molecule has 0 aromatic carbocycles. The average Bonchev–Trinajstić information content (AvgIpc) is 2.79. The fourth-order valence-electron chi connectivity index (χ4n) is 1.60. The van der Waals surface area contributed by atoms with E-state index >= 15 is 0 Å². The van der Waals surface area contributed by atoms with Crippen molar-refractivity contribution in [2.75, 3.05) is 6.61 Å². The Morgan fingerprint density at radius 3 is 2.75 bits per heavy atom. The van der Waals surface area contributed by atoms with Gasteiger partial charge in [-0.2, -0.15) is 0 Å². The zero-order chi connectivity index (χ0) is 15.1. The van der Waals surface area contributed by atoms with Crippen LogP contribution in [0.4, 0.5) is 5.95 Å². The van der Waals surface area contributed by atoms with Crippen LogP contribution >= 0.6 is 0 Å². The second-order valence-corrected chi connectivity index (χ2v) is 3.93. The number of ether oxygens (including phenoxy) is 1. The van der Waals surface area contributed by atoms with Gasteiger partial charge in [-0.1, -0.05) is 11.9 Å². The lowest BCUT2D eigenvalue weighted by Gasteiger charge is -2.06. The van der Waals surface area contributed by atoms with Crippen molar-refractivity contribution in [1.29, 1.82) is 0 Å². The molecule has 0 saturated heterocycles. The molecule has 1 aromatic heterocycles. The van der Waals surface area contributed by atoms with Crippen molar-refractivity contribution in [1.82, 2.24) is 9.55 Å². The summed E-state index contributed by atoms with van der Waals surface area (Å²) in [6.07, 6.45) is 1.45. The molecule has 0 aliphatic heterocycles. The van der Waals surface area contributed by atoms with Gasteiger partial charge in [0.1, 0.15) is 25.0 Å². The van der Waals surface area contributed by atoms with Crippen LogP contribution in [0.2, 0.25) is 0 Å². The number of hydrogen-bond acceptors (Lipinski definition) is 6. The largest absolute Gasteiger partial charge is 0.481 e. The normalized spacial score (nSPS) is 10.2. The van der Waals surface area contributed by atoms with Gasteiger partial charge in [-0.3, -0.25) is 9.59 Å². The number of nitro groups is 1. The van der Waals surface area contributed by atoms with Crippen molar-refractivity contribution in [3.05, 3.63) is 22.0 Å². The molecule has 9 nitrogen and oxygen atoms in total. The van der Waals surface area contributed by atoms with E-state index in [0.29, 0.717) is 12.1 Å². The van der Waals surface area contributed by atoms with Crippen molar-refractivity contribution >= 4 is 17.9 Å². The molecular formula is C11H15N3O6. The van der Waals surface area contributed by atoms with Crippen LogP contribution in [0.15, 0.2) is 6.20 Å². The molecule has 1 heterocycles. The molecule has 0 unspecified atom stereocenters. The summed E-state index contributed by atoms with van der Waals surface area (Å²) >= 11 is 0. The van der Waals surface area contributed by atoms with Gasteiger partial charge in [0.15, 0.2) is 0 Å². The molecule has 110 valence electrons. The van der Waals surface area contributed by atoms with Crippen molar-refractivity contribution in [3.8, 4) is 0 Å². The lowest BCUT2D eigenvalue weighted by molar-refractivity contribution is -0.396. The number of esters is 1. The van der Waals surface area contributed by atoms with E-state index in [2.05, 4.69) is 4.98 Å². The van der Waals surface area contributed by atoms with Crippen LogP contribution in [-0.2, 0) is 27.3 Å². The standard InChI is InChI=1S/C11H15N3O6/c1-2-8-7-12-11(14(18)19)13(8)5-6-20-10(17)4-3-9(15)16/h7H,2-6H2,1H3,(H,15,16). The maximum atomic E-state index is 11.2. The van der Waals surface area contributed by atoms with Crippen LogP contribution in [0.3, 0.4) is 0 Å². The van der Waals surface area contributed by atoms with Crippen LogP contribution in [0, 0.1) is 10.1 Å². The van der Waals surface area contributed by atoms with Crippen molar-refractivity contribution in [3.63, 3.8) is 0 Å². The van der Waals surface area contributed by atoms with E-state index in [1.165, 1.54) is 10.8 Å². The minimum atomic E-state index is -1.08. The molecule has 1 aromatic rings. The summed E-state index contributed by atoms with van der Waals surface area (Å²) in [5.74, 6) is -2.03. The third-order valence-corrected chi connectivity index (χ3v) is 2.56. The molecule has 0 aliphatic rings. The number of hydrogen-bond donors (Lipinski definition) is 1. The molecule has 0 radical (unpaired) electrons. The number of carbonyl (C=O) groups is 2. The zero-order valence-electron chi connectivity index (χ0n) is 10.9. The fraction of sp³-hybridized carbons (Fsp3) is 0.545. The molecule has 0 fully saturated rings. The maximum Gasteiger partial charge on any atom is 0.434 e. The van der Waals surface area contributed by atoms with Crippen molar-refractivity contribution < 1.29 is 24.4 Å². The maximum absolute atomic E-state index is 11.2. The highest BCUT2D eigenvalue weighted by Crippen LogP contribution is 2.13. The van der Waals surface area contributed by atoms with E-state index in [-0.39, 0.29) is 31.9 Å². The molecule has 0 saturated carbocycles. The molecule has 0 atom stereocenters. The van der Waals surface area contributed by atoms with Crippen LogP contribution in [0.5, 0.6) is 0 Å². The molecule has 1 rings (SSSR count). The summed E-state index contributed by atoms with van der Waals surface area (Å²) in [5.41, 5.74) is 0.665. The molecular weight excluding hydrogens is 270 g/mol. The van der Waals surface area contributed by atoms with E-state index < -0.39 is 16.9 Å². The van der Waals surface area contributed by atoms with Gasteiger partial charge in [0.05, 0.1) is 12.8 Å². The predicted octanol–water partition coefficient (Wildman–Crippen LogP) is 0.762. The van der Waals surface area contributed by atoms with Crippen LogP contribution in [0.1, 0.15) is 25.5 Å². The highest BCUT2D eigenvalue weighted by Gasteiger charge is 2.19. The first-order chi connectivity index (χ1) is 9.45. The quantitative estimate of drug-likeness (QED) is 0.424. The molecule has 0 bridgehead atoms. The van der Waals surface area contributed by atoms with Gasteiger partial charge in [-0.05, 0) is 4.92 Å². The summed E-state index contributed by atoms with van der Waals surface area (Å²) < 4.78 is 6.19. The van der Waals surface area contributed by atoms with Crippen LogP contribution in [0.25, 0.3) is 0 Å². The van der Waals surface area contributed by atoms with Crippen LogP contribution < -0.4 is 0 Å². The topological polar surface area (TPSA) is 125 Å². The van der Waals surface area contributed by atoms with Gasteiger partial charge in [0, 0.05) is 6.42 Å². The lowest BCUT2D eigenvalue weighted by Crippen LogP contribution is -2.15. The molecule has 0 aliphatic carbocycles. The number of aryl methyl sites for hydroxylation is 1. The van der Waals surface area contributed by atoms with E-state index in [0.717, 1.165) is 0 Å². The van der Waals surface area contributed by atoms with E-state index in [1.807, 2.05) is 6.92 Å². The number of carbonyl (C=O) groups excluding carboxylic acids is 1. The van der Waals surface area contributed by atoms with Crippen LogP contribution in [-0.4, -0.2) is 38.1 Å². The SMILES string of the molecule is CCc1cnc([N+](=O)[O-])n1CCOC(=O)CCC(=O)O. The number of aromatic nitrogens is 2. The molecule has 9 heteroatoms. The van der Waals surface area contributed by atoms with Crippen molar-refractivity contribution in [2.45, 2.75) is 32.7 Å². The highest BCUT2D eigenvalue weighted by atomic mass is 16.6. The Labute approximate surface area is 114 Å². The van der Waals surface area contributed by atoms with E-state index in [9.17, 15) is 19.7 Å². The second-order valence-electron chi connectivity index (χ2n) is 3.93. The minimum absolute atomic E-state index is 0.0668. The van der Waals surface area contributed by atoms with Gasteiger partial charge < -0.3 is 20.0 Å². The number of imidazole rings is 1. The summed E-state index contributed by atoms with van der Waals surface area (Å²) in [5, 5.41) is 19.2. The average molecular weight is 285 g/mol. The van der Waals surface area contributed by atoms with Gasteiger partial charge >= 0.3 is 17.9 Å². The monoisotopic (exact) mass is 285 g/mol. The summed E-state index contributed by atoms with van der Waals surface area (Å²) in [6, 6.07) is 0. The van der Waals surface area contributed by atoms with E-state index in [1.54, 1.807) is 0 Å². The van der Waals surface area contributed by atoms with Crippen molar-refractivity contribution in [2.24, 2.45) is 0 Å². The predicted molar refractivity (Wildman–Crippen MR) is 66.1 cm³/mol. The Balaban J connectivity index is 2.53.